The summed E-state index contributed by atoms with van der Waals surface area (Å²) >= 11 is 5.45. The molecule has 2 aliphatic rings. The lowest BCUT2D eigenvalue weighted by atomic mass is 10.1. The lowest BCUT2D eigenvalue weighted by molar-refractivity contribution is -0.0755. The topological polar surface area (TPSA) is 46.1 Å². The second kappa shape index (κ2) is 5.15. The summed E-state index contributed by atoms with van der Waals surface area (Å²) < 4.78 is 8.97. The first kappa shape index (κ1) is 14.1. The number of ether oxygens (including phenoxy) is 1. The smallest absolute Gasteiger partial charge is 0.226 e. The van der Waals surface area contributed by atoms with Gasteiger partial charge in [0.15, 0.2) is 4.77 Å². The average molecular weight is 296 g/mol. The zero-order chi connectivity index (χ0) is 14.3. The molecular formula is C14H24N4OS. The van der Waals surface area contributed by atoms with E-state index in [2.05, 4.69) is 40.4 Å². The summed E-state index contributed by atoms with van der Waals surface area (Å²) in [6.07, 6.45) is 5.22. The molecular weight excluding hydrogens is 272 g/mol. The number of aromatic amines is 1. The number of morpholine rings is 1. The van der Waals surface area contributed by atoms with Crippen LogP contribution in [0.3, 0.4) is 0 Å². The third-order valence-electron chi connectivity index (χ3n) is 4.23. The van der Waals surface area contributed by atoms with Crippen molar-refractivity contribution in [3.8, 4) is 0 Å². The van der Waals surface area contributed by atoms with Gasteiger partial charge in [-0.3, -0.25) is 4.57 Å². The average Bonchev–Trinajstić information content (AvgIpc) is 2.94. The van der Waals surface area contributed by atoms with Crippen LogP contribution in [0.15, 0.2) is 0 Å². The Morgan fingerprint density at radius 3 is 2.70 bits per heavy atom. The van der Waals surface area contributed by atoms with Crippen LogP contribution in [-0.4, -0.2) is 39.6 Å². The molecule has 112 valence electrons. The van der Waals surface area contributed by atoms with Crippen molar-refractivity contribution >= 4 is 18.2 Å². The van der Waals surface area contributed by atoms with Crippen LogP contribution in [-0.2, 0) is 4.74 Å². The minimum Gasteiger partial charge on any atom is -0.369 e. The molecule has 0 aromatic carbocycles. The number of nitrogens with zero attached hydrogens (tertiary/aromatic N) is 3. The minimum atomic E-state index is -0.147. The van der Waals surface area contributed by atoms with E-state index in [1.165, 1.54) is 25.7 Å². The van der Waals surface area contributed by atoms with E-state index < -0.39 is 0 Å². The molecule has 6 heteroatoms. The molecule has 1 saturated carbocycles. The summed E-state index contributed by atoms with van der Waals surface area (Å²) in [5, 5.41) is 7.49. The summed E-state index contributed by atoms with van der Waals surface area (Å²) in [7, 11) is 0. The first-order valence-electron chi connectivity index (χ1n) is 7.56. The second-order valence-electron chi connectivity index (χ2n) is 6.71. The normalized spacial score (nSPS) is 27.1. The fourth-order valence-electron chi connectivity index (χ4n) is 3.62. The molecule has 1 N–H and O–H groups in total. The molecule has 0 spiro atoms. The van der Waals surface area contributed by atoms with Crippen LogP contribution >= 0.6 is 12.2 Å². The number of nitrogens with one attached hydrogen (secondary N) is 1. The van der Waals surface area contributed by atoms with Crippen molar-refractivity contribution in [3.05, 3.63) is 4.77 Å². The van der Waals surface area contributed by atoms with Crippen LogP contribution in [0.5, 0.6) is 0 Å². The highest BCUT2D eigenvalue weighted by Crippen LogP contribution is 2.34. The lowest BCUT2D eigenvalue weighted by Gasteiger charge is -2.42. The van der Waals surface area contributed by atoms with Crippen molar-refractivity contribution < 1.29 is 4.74 Å². The molecule has 0 bridgehead atoms. The third-order valence-corrected chi connectivity index (χ3v) is 4.52. The van der Waals surface area contributed by atoms with Crippen molar-refractivity contribution in [2.75, 3.05) is 18.0 Å². The molecule has 2 heterocycles. The highest BCUT2D eigenvalue weighted by molar-refractivity contribution is 7.71. The molecule has 1 aliphatic carbocycles. The fraction of sp³-hybridized carbons (Fsp3) is 0.857. The Hall–Kier alpha value is -0.880. The zero-order valence-electron chi connectivity index (χ0n) is 12.6. The Morgan fingerprint density at radius 1 is 1.35 bits per heavy atom. The van der Waals surface area contributed by atoms with Crippen molar-refractivity contribution in [2.24, 2.45) is 0 Å². The van der Waals surface area contributed by atoms with E-state index in [1.807, 2.05) is 0 Å². The number of anilines is 1. The summed E-state index contributed by atoms with van der Waals surface area (Å²) in [4.78, 5) is 2.32. The van der Waals surface area contributed by atoms with Gasteiger partial charge in [-0.1, -0.05) is 12.8 Å². The van der Waals surface area contributed by atoms with E-state index >= 15 is 0 Å². The molecule has 1 aromatic rings. The highest BCUT2D eigenvalue weighted by atomic mass is 32.1. The van der Waals surface area contributed by atoms with Gasteiger partial charge in [0.2, 0.25) is 5.95 Å². The van der Waals surface area contributed by atoms with Gasteiger partial charge >= 0.3 is 0 Å². The molecule has 1 aliphatic heterocycles. The minimum absolute atomic E-state index is 0.147. The van der Waals surface area contributed by atoms with Gasteiger partial charge in [-0.25, -0.2) is 5.10 Å². The molecule has 0 radical (unpaired) electrons. The van der Waals surface area contributed by atoms with Crippen LogP contribution in [0.1, 0.15) is 52.5 Å². The van der Waals surface area contributed by atoms with Gasteiger partial charge in [0.05, 0.1) is 11.7 Å². The largest absolute Gasteiger partial charge is 0.369 e. The van der Waals surface area contributed by atoms with E-state index in [9.17, 15) is 0 Å². The summed E-state index contributed by atoms with van der Waals surface area (Å²) in [6.45, 7) is 8.11. The van der Waals surface area contributed by atoms with E-state index in [0.717, 1.165) is 23.8 Å². The molecule has 1 saturated heterocycles. The van der Waals surface area contributed by atoms with Gasteiger partial charge in [0, 0.05) is 19.1 Å². The fourth-order valence-corrected chi connectivity index (χ4v) is 3.89. The Bertz CT molecular complexity index is 530. The van der Waals surface area contributed by atoms with Gasteiger partial charge in [-0.15, -0.1) is 5.10 Å². The van der Waals surface area contributed by atoms with Gasteiger partial charge < -0.3 is 9.64 Å². The predicted molar refractivity (Wildman–Crippen MR) is 81.8 cm³/mol. The monoisotopic (exact) mass is 296 g/mol. The Balaban J connectivity index is 1.92. The first-order valence-corrected chi connectivity index (χ1v) is 7.97. The van der Waals surface area contributed by atoms with Gasteiger partial charge in [0.25, 0.3) is 0 Å². The summed E-state index contributed by atoms with van der Waals surface area (Å²) in [6, 6.07) is 0.512. The number of hydrogen-bond donors (Lipinski definition) is 1. The summed E-state index contributed by atoms with van der Waals surface area (Å²) in [5.41, 5.74) is -0.147. The molecule has 0 amide bonds. The molecule has 20 heavy (non-hydrogen) atoms. The van der Waals surface area contributed by atoms with Crippen LogP contribution in [0.25, 0.3) is 0 Å². The van der Waals surface area contributed by atoms with E-state index in [0.29, 0.717) is 6.04 Å². The van der Waals surface area contributed by atoms with Crippen LogP contribution in [0, 0.1) is 4.77 Å². The van der Waals surface area contributed by atoms with Crippen molar-refractivity contribution in [2.45, 2.75) is 64.2 Å². The standard InChI is InChI=1S/C14H24N4OS/c1-10-8-17(9-14(2,3)19-10)12-15-16-13(20)18(12)11-6-4-5-7-11/h10-11H,4-9H2,1-3H3,(H,16,20). The molecule has 2 fully saturated rings. The highest BCUT2D eigenvalue weighted by Gasteiger charge is 2.34. The van der Waals surface area contributed by atoms with Gasteiger partial charge in [-0.2, -0.15) is 0 Å². The quantitative estimate of drug-likeness (QED) is 0.852. The molecule has 1 atom stereocenters. The van der Waals surface area contributed by atoms with E-state index in [1.54, 1.807) is 0 Å². The van der Waals surface area contributed by atoms with Crippen LogP contribution < -0.4 is 4.90 Å². The third kappa shape index (κ3) is 2.63. The Kier molecular flexibility index (Phi) is 3.62. The maximum absolute atomic E-state index is 5.98. The number of H-pyrrole nitrogens is 1. The van der Waals surface area contributed by atoms with E-state index in [-0.39, 0.29) is 11.7 Å². The molecule has 5 nitrogen and oxygen atoms in total. The van der Waals surface area contributed by atoms with Crippen molar-refractivity contribution in [3.63, 3.8) is 0 Å². The number of aromatic nitrogens is 3. The maximum atomic E-state index is 5.98. The summed E-state index contributed by atoms with van der Waals surface area (Å²) in [5.74, 6) is 0.991. The predicted octanol–water partition coefficient (Wildman–Crippen LogP) is 3.06. The lowest BCUT2D eigenvalue weighted by Crippen LogP contribution is -2.52. The second-order valence-corrected chi connectivity index (χ2v) is 7.09. The molecule has 1 unspecified atom stereocenters. The van der Waals surface area contributed by atoms with Crippen LogP contribution in [0.2, 0.25) is 0 Å². The van der Waals surface area contributed by atoms with Crippen LogP contribution in [0.4, 0.5) is 5.95 Å². The molecule has 3 rings (SSSR count). The number of hydrogen-bond acceptors (Lipinski definition) is 4. The van der Waals surface area contributed by atoms with E-state index in [4.69, 9.17) is 17.0 Å². The Morgan fingerprint density at radius 2 is 2.05 bits per heavy atom. The van der Waals surface area contributed by atoms with Crippen molar-refractivity contribution in [1.29, 1.82) is 0 Å². The van der Waals surface area contributed by atoms with Gasteiger partial charge in [0.1, 0.15) is 0 Å². The van der Waals surface area contributed by atoms with Crippen molar-refractivity contribution in [1.82, 2.24) is 14.8 Å². The SMILES string of the molecule is CC1CN(c2n[nH]c(=S)n2C2CCCC2)CC(C)(C)O1. The zero-order valence-corrected chi connectivity index (χ0v) is 13.4. The maximum Gasteiger partial charge on any atom is 0.226 e. The Labute approximate surface area is 125 Å². The number of rotatable bonds is 2. The molecule has 1 aromatic heterocycles. The van der Waals surface area contributed by atoms with Gasteiger partial charge in [-0.05, 0) is 45.8 Å². The first-order chi connectivity index (χ1) is 9.46.